The van der Waals surface area contributed by atoms with Gasteiger partial charge in [-0.1, -0.05) is 30.3 Å². The summed E-state index contributed by atoms with van der Waals surface area (Å²) in [5, 5.41) is 15.5. The first-order chi connectivity index (χ1) is 15.6. The molecule has 0 aliphatic carbocycles. The van der Waals surface area contributed by atoms with Crippen molar-refractivity contribution in [3.63, 3.8) is 0 Å². The molecule has 0 fully saturated rings. The normalized spacial score (nSPS) is 14.0. The summed E-state index contributed by atoms with van der Waals surface area (Å²) < 4.78 is 1.95. The van der Waals surface area contributed by atoms with E-state index in [2.05, 4.69) is 56.8 Å². The Morgan fingerprint density at radius 3 is 2.88 bits per heavy atom. The second-order valence-corrected chi connectivity index (χ2v) is 8.15. The van der Waals surface area contributed by atoms with Gasteiger partial charge in [0.05, 0.1) is 5.52 Å². The molecular formula is C24H25N7O. The highest BCUT2D eigenvalue weighted by atomic mass is 16.1. The second-order valence-electron chi connectivity index (χ2n) is 8.15. The van der Waals surface area contributed by atoms with Crippen molar-refractivity contribution >= 4 is 28.2 Å². The van der Waals surface area contributed by atoms with Gasteiger partial charge in [-0.3, -0.25) is 4.79 Å². The zero-order valence-corrected chi connectivity index (χ0v) is 18.1. The summed E-state index contributed by atoms with van der Waals surface area (Å²) in [4.78, 5) is 20.9. The van der Waals surface area contributed by atoms with Crippen LogP contribution in [0.3, 0.4) is 0 Å². The lowest BCUT2D eigenvalue weighted by molar-refractivity contribution is 0.102. The monoisotopic (exact) mass is 427 g/mol. The molecule has 1 aliphatic heterocycles. The highest BCUT2D eigenvalue weighted by molar-refractivity contribution is 6.06. The molecule has 8 heteroatoms. The molecule has 32 heavy (non-hydrogen) atoms. The van der Waals surface area contributed by atoms with Crippen molar-refractivity contribution in [3.8, 4) is 11.5 Å². The summed E-state index contributed by atoms with van der Waals surface area (Å²) in [6.45, 7) is 5.94. The number of carbonyl (C=O) groups excluding carboxylic acids is 1. The minimum atomic E-state index is -0.235. The predicted molar refractivity (Wildman–Crippen MR) is 125 cm³/mol. The van der Waals surface area contributed by atoms with Crippen molar-refractivity contribution < 1.29 is 4.79 Å². The number of pyridine rings is 1. The van der Waals surface area contributed by atoms with Crippen LogP contribution in [-0.2, 0) is 0 Å². The van der Waals surface area contributed by atoms with E-state index in [-0.39, 0.29) is 11.9 Å². The summed E-state index contributed by atoms with van der Waals surface area (Å²) in [5.41, 5.74) is 4.59. The van der Waals surface area contributed by atoms with Gasteiger partial charge in [-0.15, -0.1) is 10.2 Å². The number of nitrogens with zero attached hydrogens (tertiary/aromatic N) is 4. The SMILES string of the molecule is CC(C)n1cnnc1-c1cccc(NC(=O)c2cc3cccc(C4=CCNCC4)c3[nH]2)n1. The minimum absolute atomic E-state index is 0.204. The summed E-state index contributed by atoms with van der Waals surface area (Å²) in [5.74, 6) is 0.897. The van der Waals surface area contributed by atoms with Gasteiger partial charge in [-0.25, -0.2) is 4.98 Å². The number of hydrogen-bond acceptors (Lipinski definition) is 5. The maximum Gasteiger partial charge on any atom is 0.273 e. The van der Waals surface area contributed by atoms with E-state index >= 15 is 0 Å². The Morgan fingerprint density at radius 2 is 2.06 bits per heavy atom. The average molecular weight is 428 g/mol. The molecule has 162 valence electrons. The van der Waals surface area contributed by atoms with Crippen LogP contribution in [-0.4, -0.2) is 43.7 Å². The Bertz CT molecular complexity index is 1310. The van der Waals surface area contributed by atoms with Crippen LogP contribution in [0.1, 0.15) is 42.4 Å². The van der Waals surface area contributed by atoms with Gasteiger partial charge in [0.25, 0.3) is 5.91 Å². The molecule has 4 heterocycles. The number of aromatic amines is 1. The molecule has 1 aromatic carbocycles. The Hall–Kier alpha value is -3.78. The molecule has 3 N–H and O–H groups in total. The summed E-state index contributed by atoms with van der Waals surface area (Å²) in [6.07, 6.45) is 4.87. The molecule has 0 spiro atoms. The molecule has 0 radical (unpaired) electrons. The van der Waals surface area contributed by atoms with Gasteiger partial charge in [0, 0.05) is 23.5 Å². The van der Waals surface area contributed by atoms with Crippen molar-refractivity contribution in [2.75, 3.05) is 18.4 Å². The van der Waals surface area contributed by atoms with Gasteiger partial charge in [0.15, 0.2) is 5.82 Å². The molecule has 0 saturated carbocycles. The number of fused-ring (bicyclic) bond motifs is 1. The van der Waals surface area contributed by atoms with Crippen LogP contribution >= 0.6 is 0 Å². The Morgan fingerprint density at radius 1 is 1.19 bits per heavy atom. The Labute approximate surface area is 185 Å². The number of benzene rings is 1. The van der Waals surface area contributed by atoms with Crippen molar-refractivity contribution in [1.82, 2.24) is 30.0 Å². The van der Waals surface area contributed by atoms with Crippen molar-refractivity contribution in [2.24, 2.45) is 0 Å². The highest BCUT2D eigenvalue weighted by Gasteiger charge is 2.16. The van der Waals surface area contributed by atoms with E-state index in [1.807, 2.05) is 34.9 Å². The first kappa shape index (κ1) is 20.1. The Kier molecular flexibility index (Phi) is 5.28. The molecule has 0 saturated heterocycles. The van der Waals surface area contributed by atoms with Gasteiger partial charge in [0.1, 0.15) is 23.5 Å². The van der Waals surface area contributed by atoms with E-state index in [4.69, 9.17) is 0 Å². The number of aromatic nitrogens is 5. The van der Waals surface area contributed by atoms with E-state index in [0.29, 0.717) is 23.0 Å². The fourth-order valence-corrected chi connectivity index (χ4v) is 4.03. The zero-order chi connectivity index (χ0) is 22.1. The molecular weight excluding hydrogens is 402 g/mol. The summed E-state index contributed by atoms with van der Waals surface area (Å²) in [7, 11) is 0. The van der Waals surface area contributed by atoms with Crippen molar-refractivity contribution in [3.05, 3.63) is 66.1 Å². The van der Waals surface area contributed by atoms with Crippen LogP contribution in [0, 0.1) is 0 Å². The van der Waals surface area contributed by atoms with Crippen molar-refractivity contribution in [1.29, 1.82) is 0 Å². The maximum absolute atomic E-state index is 13.0. The summed E-state index contributed by atoms with van der Waals surface area (Å²) >= 11 is 0. The van der Waals surface area contributed by atoms with E-state index in [1.54, 1.807) is 12.4 Å². The zero-order valence-electron chi connectivity index (χ0n) is 18.1. The lowest BCUT2D eigenvalue weighted by Crippen LogP contribution is -2.20. The minimum Gasteiger partial charge on any atom is -0.350 e. The van der Waals surface area contributed by atoms with Gasteiger partial charge in [0.2, 0.25) is 0 Å². The van der Waals surface area contributed by atoms with Gasteiger partial charge < -0.3 is 20.2 Å². The van der Waals surface area contributed by atoms with Gasteiger partial charge >= 0.3 is 0 Å². The van der Waals surface area contributed by atoms with Crippen molar-refractivity contribution in [2.45, 2.75) is 26.3 Å². The molecule has 4 aromatic rings. The number of hydrogen-bond donors (Lipinski definition) is 3. The number of amides is 1. The second kappa shape index (κ2) is 8.39. The third kappa shape index (κ3) is 3.80. The Balaban J connectivity index is 1.42. The third-order valence-electron chi connectivity index (χ3n) is 5.66. The molecule has 1 amide bonds. The van der Waals surface area contributed by atoms with Crippen LogP contribution < -0.4 is 10.6 Å². The maximum atomic E-state index is 13.0. The number of rotatable bonds is 5. The molecule has 8 nitrogen and oxygen atoms in total. The molecule has 3 aromatic heterocycles. The predicted octanol–water partition coefficient (Wildman–Crippen LogP) is 4.03. The standard InChI is InChI=1S/C24H25N7O/c1-15(2)31-14-26-30-23(31)19-7-4-8-21(27-19)29-24(32)20-13-17-5-3-6-18(22(17)28-20)16-9-11-25-12-10-16/h3-9,13-15,25,28H,10-12H2,1-2H3,(H,27,29,32). The van der Waals surface area contributed by atoms with Crippen LogP contribution in [0.2, 0.25) is 0 Å². The van der Waals surface area contributed by atoms with Crippen LogP contribution in [0.15, 0.2) is 54.9 Å². The summed E-state index contributed by atoms with van der Waals surface area (Å²) in [6, 6.07) is 13.7. The fraction of sp³-hybridized carbons (Fsp3) is 0.250. The molecule has 0 bridgehead atoms. The first-order valence-electron chi connectivity index (χ1n) is 10.8. The van der Waals surface area contributed by atoms with Crippen LogP contribution in [0.25, 0.3) is 28.0 Å². The van der Waals surface area contributed by atoms with E-state index in [0.717, 1.165) is 36.0 Å². The molecule has 1 aliphatic rings. The topological polar surface area (TPSA) is 101 Å². The average Bonchev–Trinajstić information content (AvgIpc) is 3.47. The number of carbonyl (C=O) groups is 1. The largest absolute Gasteiger partial charge is 0.350 e. The third-order valence-corrected chi connectivity index (χ3v) is 5.66. The van der Waals surface area contributed by atoms with Gasteiger partial charge in [-0.2, -0.15) is 0 Å². The number of para-hydroxylation sites is 1. The lowest BCUT2D eigenvalue weighted by atomic mass is 9.98. The van der Waals surface area contributed by atoms with E-state index in [9.17, 15) is 4.79 Å². The smallest absolute Gasteiger partial charge is 0.273 e. The molecule has 0 unspecified atom stereocenters. The first-order valence-corrected chi connectivity index (χ1v) is 10.8. The van der Waals surface area contributed by atoms with Gasteiger partial charge in [-0.05, 0) is 50.6 Å². The van der Waals surface area contributed by atoms with Crippen LogP contribution in [0.5, 0.6) is 0 Å². The molecule has 5 rings (SSSR count). The highest BCUT2D eigenvalue weighted by Crippen LogP contribution is 2.28. The number of H-pyrrole nitrogens is 1. The van der Waals surface area contributed by atoms with E-state index in [1.165, 1.54) is 5.57 Å². The fourth-order valence-electron chi connectivity index (χ4n) is 4.03. The van der Waals surface area contributed by atoms with Crippen LogP contribution in [0.4, 0.5) is 5.82 Å². The quantitative estimate of drug-likeness (QED) is 0.446. The molecule has 0 atom stereocenters. The van der Waals surface area contributed by atoms with E-state index < -0.39 is 0 Å². The number of anilines is 1. The number of nitrogens with one attached hydrogen (secondary N) is 3. The lowest BCUT2D eigenvalue weighted by Gasteiger charge is -2.14.